The Morgan fingerprint density at radius 2 is 1.93 bits per heavy atom. The number of hydrogen-bond donors (Lipinski definition) is 1. The SMILES string of the molecule is Cc1sc(-c2cccc(OCC=Cc3ccc(C(F)(F)F)cc3)c2)nc1CC(=O)O. The van der Waals surface area contributed by atoms with Gasteiger partial charge in [-0.25, -0.2) is 4.98 Å². The Morgan fingerprint density at radius 3 is 2.60 bits per heavy atom. The minimum Gasteiger partial charge on any atom is -0.490 e. The van der Waals surface area contributed by atoms with E-state index in [-0.39, 0.29) is 13.0 Å². The maximum absolute atomic E-state index is 12.6. The predicted molar refractivity (Wildman–Crippen MR) is 110 cm³/mol. The molecule has 0 spiro atoms. The Bertz CT molecular complexity index is 1060. The third-order valence-electron chi connectivity index (χ3n) is 4.19. The van der Waals surface area contributed by atoms with Crippen LogP contribution in [0.25, 0.3) is 16.6 Å². The van der Waals surface area contributed by atoms with Gasteiger partial charge in [0.15, 0.2) is 0 Å². The molecule has 0 saturated heterocycles. The zero-order valence-electron chi connectivity index (χ0n) is 15.9. The molecule has 0 aliphatic rings. The van der Waals surface area contributed by atoms with E-state index < -0.39 is 17.7 Å². The molecule has 30 heavy (non-hydrogen) atoms. The molecule has 0 aliphatic heterocycles. The van der Waals surface area contributed by atoms with Gasteiger partial charge in [0.05, 0.1) is 17.7 Å². The quantitative estimate of drug-likeness (QED) is 0.507. The summed E-state index contributed by atoms with van der Waals surface area (Å²) in [5, 5.41) is 9.67. The first kappa shape index (κ1) is 21.6. The van der Waals surface area contributed by atoms with E-state index in [0.717, 1.165) is 27.6 Å². The van der Waals surface area contributed by atoms with Crippen LogP contribution < -0.4 is 4.74 Å². The Morgan fingerprint density at radius 1 is 1.20 bits per heavy atom. The van der Waals surface area contributed by atoms with Gasteiger partial charge in [0, 0.05) is 10.4 Å². The van der Waals surface area contributed by atoms with Crippen LogP contribution in [-0.2, 0) is 17.4 Å². The van der Waals surface area contributed by atoms with Crippen molar-refractivity contribution in [1.29, 1.82) is 0 Å². The van der Waals surface area contributed by atoms with Gasteiger partial charge < -0.3 is 9.84 Å². The first-order valence-corrected chi connectivity index (χ1v) is 9.79. The van der Waals surface area contributed by atoms with Gasteiger partial charge in [-0.15, -0.1) is 11.3 Å². The summed E-state index contributed by atoms with van der Waals surface area (Å²) in [5.41, 5.74) is 1.33. The minimum atomic E-state index is -4.35. The van der Waals surface area contributed by atoms with Gasteiger partial charge >= 0.3 is 12.1 Å². The number of aromatic nitrogens is 1. The maximum atomic E-state index is 12.6. The van der Waals surface area contributed by atoms with Crippen LogP contribution in [0.3, 0.4) is 0 Å². The van der Waals surface area contributed by atoms with Crippen molar-refractivity contribution in [2.45, 2.75) is 19.5 Å². The van der Waals surface area contributed by atoms with Crippen molar-refractivity contribution < 1.29 is 27.8 Å². The summed E-state index contributed by atoms with van der Waals surface area (Å²) in [5.74, 6) is -0.316. The molecule has 3 aromatic rings. The number of aliphatic carboxylic acids is 1. The molecule has 1 N–H and O–H groups in total. The number of benzene rings is 2. The molecule has 2 aromatic carbocycles. The van der Waals surface area contributed by atoms with E-state index >= 15 is 0 Å². The number of halogens is 3. The van der Waals surface area contributed by atoms with E-state index in [2.05, 4.69) is 4.98 Å². The highest BCUT2D eigenvalue weighted by molar-refractivity contribution is 7.15. The van der Waals surface area contributed by atoms with Gasteiger partial charge in [0.2, 0.25) is 0 Å². The van der Waals surface area contributed by atoms with Gasteiger partial charge in [-0.05, 0) is 42.8 Å². The predicted octanol–water partition coefficient (Wildman–Crippen LogP) is 5.86. The van der Waals surface area contributed by atoms with Crippen molar-refractivity contribution in [3.63, 3.8) is 0 Å². The number of aryl methyl sites for hydroxylation is 1. The fourth-order valence-corrected chi connectivity index (χ4v) is 3.62. The number of carboxylic acid groups (broad SMARTS) is 1. The Labute approximate surface area is 175 Å². The Hall–Kier alpha value is -3.13. The molecule has 0 unspecified atom stereocenters. The average Bonchev–Trinajstić information content (AvgIpc) is 3.05. The lowest BCUT2D eigenvalue weighted by Crippen LogP contribution is -2.03. The van der Waals surface area contributed by atoms with Gasteiger partial charge in [-0.2, -0.15) is 13.2 Å². The van der Waals surface area contributed by atoms with Crippen LogP contribution in [0.1, 0.15) is 21.7 Å². The zero-order valence-corrected chi connectivity index (χ0v) is 16.8. The third-order valence-corrected chi connectivity index (χ3v) is 5.25. The lowest BCUT2D eigenvalue weighted by Gasteiger charge is -2.06. The van der Waals surface area contributed by atoms with Crippen LogP contribution in [0.4, 0.5) is 13.2 Å². The number of rotatable bonds is 7. The number of carbonyl (C=O) groups is 1. The van der Waals surface area contributed by atoms with Crippen LogP contribution in [0.15, 0.2) is 54.6 Å². The molecule has 156 valence electrons. The molecule has 0 atom stereocenters. The van der Waals surface area contributed by atoms with Crippen molar-refractivity contribution in [2.75, 3.05) is 6.61 Å². The molecule has 8 heteroatoms. The highest BCUT2D eigenvalue weighted by Crippen LogP contribution is 2.31. The topological polar surface area (TPSA) is 59.4 Å². The molecule has 3 rings (SSSR count). The van der Waals surface area contributed by atoms with Crippen molar-refractivity contribution >= 4 is 23.4 Å². The van der Waals surface area contributed by atoms with Crippen LogP contribution in [0, 0.1) is 6.92 Å². The van der Waals surface area contributed by atoms with Crippen LogP contribution in [-0.4, -0.2) is 22.7 Å². The molecule has 0 bridgehead atoms. The van der Waals surface area contributed by atoms with Gasteiger partial charge in [-0.1, -0.05) is 30.3 Å². The third kappa shape index (κ3) is 5.70. The van der Waals surface area contributed by atoms with E-state index in [9.17, 15) is 18.0 Å². The van der Waals surface area contributed by atoms with E-state index in [1.807, 2.05) is 25.1 Å². The normalized spacial score (nSPS) is 11.7. The number of carboxylic acids is 1. The fraction of sp³-hybridized carbons (Fsp3) is 0.182. The van der Waals surface area contributed by atoms with E-state index in [0.29, 0.717) is 17.0 Å². The summed E-state index contributed by atoms with van der Waals surface area (Å²) < 4.78 is 43.4. The summed E-state index contributed by atoms with van der Waals surface area (Å²) >= 11 is 1.42. The first-order valence-electron chi connectivity index (χ1n) is 8.97. The number of alkyl halides is 3. The molecule has 0 fully saturated rings. The fourth-order valence-electron chi connectivity index (χ4n) is 2.69. The molecule has 0 radical (unpaired) electrons. The monoisotopic (exact) mass is 433 g/mol. The molecular weight excluding hydrogens is 415 g/mol. The molecule has 0 aliphatic carbocycles. The summed E-state index contributed by atoms with van der Waals surface area (Å²) in [4.78, 5) is 16.2. The van der Waals surface area contributed by atoms with Gasteiger partial charge in [0.1, 0.15) is 17.4 Å². The van der Waals surface area contributed by atoms with Gasteiger partial charge in [0.25, 0.3) is 0 Å². The van der Waals surface area contributed by atoms with Crippen LogP contribution in [0.2, 0.25) is 0 Å². The Kier molecular flexibility index (Phi) is 6.56. The molecule has 4 nitrogen and oxygen atoms in total. The molecular formula is C22H18F3NO3S. The summed E-state index contributed by atoms with van der Waals surface area (Å²) in [6, 6.07) is 12.2. The Balaban J connectivity index is 1.62. The average molecular weight is 433 g/mol. The summed E-state index contributed by atoms with van der Waals surface area (Å²) in [6.45, 7) is 2.08. The van der Waals surface area contributed by atoms with Crippen molar-refractivity contribution in [1.82, 2.24) is 4.98 Å². The lowest BCUT2D eigenvalue weighted by atomic mass is 10.1. The highest BCUT2D eigenvalue weighted by atomic mass is 32.1. The van der Waals surface area contributed by atoms with Crippen LogP contribution >= 0.6 is 11.3 Å². The molecule has 0 amide bonds. The second kappa shape index (κ2) is 9.13. The van der Waals surface area contributed by atoms with Crippen molar-refractivity contribution in [2.24, 2.45) is 0 Å². The van der Waals surface area contributed by atoms with E-state index in [1.54, 1.807) is 18.2 Å². The molecule has 1 aromatic heterocycles. The van der Waals surface area contributed by atoms with Gasteiger partial charge in [-0.3, -0.25) is 4.79 Å². The number of thiazole rings is 1. The standard InChI is InChI=1S/C22H18F3NO3S/c1-14-19(13-20(27)28)26-21(30-14)16-5-2-6-18(12-16)29-11-3-4-15-7-9-17(10-8-15)22(23,24)25/h2-10,12H,11,13H2,1H3,(H,27,28). The number of nitrogens with zero attached hydrogens (tertiary/aromatic N) is 1. The summed E-state index contributed by atoms with van der Waals surface area (Å²) in [6.07, 6.45) is -1.06. The van der Waals surface area contributed by atoms with Crippen LogP contribution in [0.5, 0.6) is 5.75 Å². The lowest BCUT2D eigenvalue weighted by molar-refractivity contribution is -0.138. The zero-order chi connectivity index (χ0) is 21.7. The smallest absolute Gasteiger partial charge is 0.416 e. The molecule has 1 heterocycles. The number of hydrogen-bond acceptors (Lipinski definition) is 4. The first-order chi connectivity index (χ1) is 14.2. The highest BCUT2D eigenvalue weighted by Gasteiger charge is 2.29. The largest absolute Gasteiger partial charge is 0.490 e. The second-order valence-electron chi connectivity index (χ2n) is 6.45. The molecule has 0 saturated carbocycles. The minimum absolute atomic E-state index is 0.118. The van der Waals surface area contributed by atoms with E-state index in [4.69, 9.17) is 9.84 Å². The number of ether oxygens (including phenoxy) is 1. The summed E-state index contributed by atoms with van der Waals surface area (Å²) in [7, 11) is 0. The van der Waals surface area contributed by atoms with E-state index in [1.165, 1.54) is 23.5 Å². The second-order valence-corrected chi connectivity index (χ2v) is 7.66. The van der Waals surface area contributed by atoms with Crippen molar-refractivity contribution in [3.05, 3.63) is 76.3 Å². The van der Waals surface area contributed by atoms with Crippen molar-refractivity contribution in [3.8, 4) is 16.3 Å². The maximum Gasteiger partial charge on any atom is 0.416 e.